The number of allylic oxidation sites excluding steroid dienone is 2. The van der Waals surface area contributed by atoms with E-state index in [2.05, 4.69) is 4.98 Å². The summed E-state index contributed by atoms with van der Waals surface area (Å²) in [7, 11) is 0. The molecule has 18 heavy (non-hydrogen) atoms. The van der Waals surface area contributed by atoms with E-state index in [9.17, 15) is 9.90 Å². The van der Waals surface area contributed by atoms with Gasteiger partial charge in [0, 0.05) is 0 Å². The molecular weight excluding hydrogens is 230 g/mol. The summed E-state index contributed by atoms with van der Waals surface area (Å²) in [5.74, 6) is -0.175. The van der Waals surface area contributed by atoms with E-state index in [0.717, 1.165) is 11.1 Å². The molecule has 2 rings (SSSR count). The zero-order valence-corrected chi connectivity index (χ0v) is 10.9. The highest BCUT2D eigenvalue weighted by Crippen LogP contribution is 2.27. The molecule has 0 atom stereocenters. The molecule has 0 saturated heterocycles. The van der Waals surface area contributed by atoms with Crippen LogP contribution in [0.4, 0.5) is 0 Å². The predicted molar refractivity (Wildman–Crippen MR) is 69.4 cm³/mol. The van der Waals surface area contributed by atoms with E-state index in [4.69, 9.17) is 4.42 Å². The van der Waals surface area contributed by atoms with Crippen molar-refractivity contribution in [3.8, 4) is 0 Å². The van der Waals surface area contributed by atoms with Crippen molar-refractivity contribution in [3.05, 3.63) is 34.9 Å². The largest absolute Gasteiger partial charge is 0.512 e. The van der Waals surface area contributed by atoms with Gasteiger partial charge in [0.05, 0.1) is 0 Å². The van der Waals surface area contributed by atoms with Crippen LogP contribution >= 0.6 is 0 Å². The molecule has 94 valence electrons. The van der Waals surface area contributed by atoms with E-state index in [0.29, 0.717) is 11.1 Å². The molecular formula is C14H15NO3. The highest BCUT2D eigenvalue weighted by molar-refractivity contribution is 6.19. The third kappa shape index (κ3) is 1.90. The molecule has 0 radical (unpaired) electrons. The van der Waals surface area contributed by atoms with Gasteiger partial charge >= 0.3 is 0 Å². The van der Waals surface area contributed by atoms with E-state index >= 15 is 0 Å². The normalized spacial score (nSPS) is 12.7. The Morgan fingerprint density at radius 3 is 2.50 bits per heavy atom. The van der Waals surface area contributed by atoms with Crippen LogP contribution in [0.5, 0.6) is 0 Å². The van der Waals surface area contributed by atoms with Gasteiger partial charge in [0.25, 0.3) is 0 Å². The molecule has 0 unspecified atom stereocenters. The van der Waals surface area contributed by atoms with Crippen LogP contribution in [-0.2, 0) is 4.79 Å². The molecule has 4 heteroatoms. The lowest BCUT2D eigenvalue weighted by Crippen LogP contribution is -1.99. The number of aryl methyl sites for hydroxylation is 2. The van der Waals surface area contributed by atoms with Crippen LogP contribution < -0.4 is 0 Å². The Morgan fingerprint density at radius 1 is 1.28 bits per heavy atom. The van der Waals surface area contributed by atoms with Crippen LogP contribution in [0.15, 0.2) is 22.3 Å². The van der Waals surface area contributed by atoms with Crippen LogP contribution in [-0.4, -0.2) is 15.9 Å². The Hall–Kier alpha value is -2.10. The number of carbonyl (C=O) groups excluding carboxylic acids is 1. The van der Waals surface area contributed by atoms with Crippen molar-refractivity contribution in [2.75, 3.05) is 0 Å². The number of carbonyl (C=O) groups is 1. The van der Waals surface area contributed by atoms with Crippen molar-refractivity contribution in [3.63, 3.8) is 0 Å². The van der Waals surface area contributed by atoms with Crippen molar-refractivity contribution in [2.45, 2.75) is 27.7 Å². The first-order chi connectivity index (χ1) is 8.41. The number of benzene rings is 1. The second-order valence-electron chi connectivity index (χ2n) is 4.39. The molecule has 2 aromatic rings. The fourth-order valence-electron chi connectivity index (χ4n) is 1.89. The molecule has 0 aliphatic rings. The number of hydrogen-bond acceptors (Lipinski definition) is 4. The number of Topliss-reactive ketones (excluding diaryl/α,β-unsaturated/α-hetero) is 1. The van der Waals surface area contributed by atoms with Crippen molar-refractivity contribution < 1.29 is 14.3 Å². The first-order valence-corrected chi connectivity index (χ1v) is 5.69. The summed E-state index contributed by atoms with van der Waals surface area (Å²) < 4.78 is 5.61. The van der Waals surface area contributed by atoms with E-state index in [-0.39, 0.29) is 23.0 Å². The van der Waals surface area contributed by atoms with Gasteiger partial charge in [0.15, 0.2) is 11.4 Å². The molecule has 0 aliphatic carbocycles. The van der Waals surface area contributed by atoms with Gasteiger partial charge in [0.2, 0.25) is 5.89 Å². The summed E-state index contributed by atoms with van der Waals surface area (Å²) in [4.78, 5) is 15.7. The quantitative estimate of drug-likeness (QED) is 0.651. The minimum absolute atomic E-state index is 0.0802. The summed E-state index contributed by atoms with van der Waals surface area (Å²) in [6, 6.07) is 3.79. The highest BCUT2D eigenvalue weighted by Gasteiger charge is 2.19. The maximum atomic E-state index is 11.5. The summed E-state index contributed by atoms with van der Waals surface area (Å²) in [5.41, 5.74) is 3.56. The number of aliphatic hydroxyl groups excluding tert-OH is 1. The fraction of sp³-hybridized carbons (Fsp3) is 0.286. The van der Waals surface area contributed by atoms with Crippen LogP contribution in [0, 0.1) is 13.8 Å². The first kappa shape index (κ1) is 12.4. The summed E-state index contributed by atoms with van der Waals surface area (Å²) in [6.07, 6.45) is 0. The molecule has 0 amide bonds. The topological polar surface area (TPSA) is 63.3 Å². The van der Waals surface area contributed by atoms with E-state index < -0.39 is 0 Å². The Labute approximate surface area is 105 Å². The van der Waals surface area contributed by atoms with Gasteiger partial charge in [-0.2, -0.15) is 0 Å². The number of oxazole rings is 1. The molecule has 1 N–H and O–H groups in total. The molecule has 1 aromatic heterocycles. The number of aliphatic hydroxyl groups is 1. The van der Waals surface area contributed by atoms with Crippen LogP contribution in [0.25, 0.3) is 16.7 Å². The van der Waals surface area contributed by atoms with Gasteiger partial charge in [-0.05, 0) is 44.9 Å². The molecule has 0 spiro atoms. The van der Waals surface area contributed by atoms with Crippen molar-refractivity contribution in [2.24, 2.45) is 0 Å². The lowest BCUT2D eigenvalue weighted by Gasteiger charge is -1.99. The number of ketones is 1. The number of nitrogens with zero attached hydrogens (tertiary/aromatic N) is 1. The molecule has 0 aliphatic heterocycles. The van der Waals surface area contributed by atoms with Gasteiger partial charge in [-0.25, -0.2) is 4.98 Å². The summed E-state index contributed by atoms with van der Waals surface area (Å²) in [5, 5.41) is 9.54. The lowest BCUT2D eigenvalue weighted by atomic mass is 10.1. The van der Waals surface area contributed by atoms with Crippen molar-refractivity contribution in [1.82, 2.24) is 4.98 Å². The minimum atomic E-state index is -0.268. The Morgan fingerprint density at radius 2 is 1.94 bits per heavy atom. The molecule has 1 aromatic carbocycles. The van der Waals surface area contributed by atoms with Crippen LogP contribution in [0.3, 0.4) is 0 Å². The number of rotatable bonds is 2. The highest BCUT2D eigenvalue weighted by atomic mass is 16.4. The average molecular weight is 245 g/mol. The zero-order chi connectivity index (χ0) is 13.4. The van der Waals surface area contributed by atoms with Crippen molar-refractivity contribution in [1.29, 1.82) is 0 Å². The molecule has 0 fully saturated rings. The zero-order valence-electron chi connectivity index (χ0n) is 10.9. The Balaban J connectivity index is 2.72. The third-order valence-corrected chi connectivity index (χ3v) is 3.00. The van der Waals surface area contributed by atoms with Gasteiger partial charge in [-0.3, -0.25) is 4.79 Å². The second-order valence-corrected chi connectivity index (χ2v) is 4.39. The molecule has 4 nitrogen and oxygen atoms in total. The lowest BCUT2D eigenvalue weighted by molar-refractivity contribution is -0.112. The molecule has 0 saturated carbocycles. The van der Waals surface area contributed by atoms with Crippen LogP contribution in [0.1, 0.15) is 30.9 Å². The standard InChI is InChI=1S/C14H15NO3/c1-7-5-6-11-13(8(7)2)18-14(15-11)12(9(3)16)10(4)17/h5-6,16H,1-4H3/b12-9+. The Kier molecular flexibility index (Phi) is 2.95. The number of fused-ring (bicyclic) bond motifs is 1. The Bertz CT molecular complexity index is 661. The maximum absolute atomic E-state index is 11.5. The SMILES string of the molecule is CC(=O)/C(=C(/C)O)c1nc2ccc(C)c(C)c2o1. The molecule has 1 heterocycles. The smallest absolute Gasteiger partial charge is 0.234 e. The number of hydrogen-bond donors (Lipinski definition) is 1. The van der Waals surface area contributed by atoms with E-state index in [1.807, 2.05) is 26.0 Å². The fourth-order valence-corrected chi connectivity index (χ4v) is 1.89. The molecule has 0 bridgehead atoms. The average Bonchev–Trinajstić information content (AvgIpc) is 2.67. The van der Waals surface area contributed by atoms with Gasteiger partial charge < -0.3 is 9.52 Å². The van der Waals surface area contributed by atoms with Gasteiger partial charge in [-0.15, -0.1) is 0 Å². The van der Waals surface area contributed by atoms with Crippen LogP contribution in [0.2, 0.25) is 0 Å². The predicted octanol–water partition coefficient (Wildman–Crippen LogP) is 3.32. The van der Waals surface area contributed by atoms with Gasteiger partial charge in [0.1, 0.15) is 16.8 Å². The maximum Gasteiger partial charge on any atom is 0.234 e. The second kappa shape index (κ2) is 4.29. The van der Waals surface area contributed by atoms with Gasteiger partial charge in [-0.1, -0.05) is 6.07 Å². The number of aromatic nitrogens is 1. The minimum Gasteiger partial charge on any atom is -0.512 e. The monoisotopic (exact) mass is 245 g/mol. The first-order valence-electron chi connectivity index (χ1n) is 5.69. The van der Waals surface area contributed by atoms with Crippen molar-refractivity contribution >= 4 is 22.5 Å². The van der Waals surface area contributed by atoms with E-state index in [1.54, 1.807) is 0 Å². The summed E-state index contributed by atoms with van der Waals surface area (Å²) in [6.45, 7) is 6.75. The third-order valence-electron chi connectivity index (χ3n) is 3.00. The summed E-state index contributed by atoms with van der Waals surface area (Å²) >= 11 is 0. The van der Waals surface area contributed by atoms with E-state index in [1.165, 1.54) is 13.8 Å².